The van der Waals surface area contributed by atoms with Gasteiger partial charge in [-0.05, 0) is 31.5 Å². The van der Waals surface area contributed by atoms with Gasteiger partial charge in [-0.15, -0.1) is 0 Å². The number of rotatable bonds is 6. The summed E-state index contributed by atoms with van der Waals surface area (Å²) in [6, 6.07) is 9.16. The maximum Gasteiger partial charge on any atom is 0.354 e. The molecule has 2 aromatic rings. The molecule has 0 saturated heterocycles. The number of carbonyl (C=O) groups is 2. The highest BCUT2D eigenvalue weighted by atomic mass is 79.9. The van der Waals surface area contributed by atoms with E-state index in [1.807, 2.05) is 31.2 Å². The van der Waals surface area contributed by atoms with E-state index in [0.717, 1.165) is 10.0 Å². The molecule has 0 fully saturated rings. The SMILES string of the molecule is CCOC(=O)c1cc(OC(C)c2ccc(Br)cc2)c(C(=O)NC)[nH]1. The van der Waals surface area contributed by atoms with E-state index in [0.29, 0.717) is 5.75 Å². The zero-order valence-corrected chi connectivity index (χ0v) is 15.3. The molecule has 1 heterocycles. The minimum Gasteiger partial charge on any atom is -0.484 e. The maximum atomic E-state index is 12.0. The first-order chi connectivity index (χ1) is 11.5. The fraction of sp³-hybridized carbons (Fsp3) is 0.294. The molecule has 7 heteroatoms. The molecule has 0 spiro atoms. The minimum absolute atomic E-state index is 0.174. The number of nitrogens with one attached hydrogen (secondary N) is 2. The Morgan fingerprint density at radius 1 is 1.29 bits per heavy atom. The molecule has 6 nitrogen and oxygen atoms in total. The van der Waals surface area contributed by atoms with Gasteiger partial charge in [0.25, 0.3) is 5.91 Å². The van der Waals surface area contributed by atoms with E-state index < -0.39 is 5.97 Å². The number of aromatic nitrogens is 1. The largest absolute Gasteiger partial charge is 0.484 e. The fourth-order valence-electron chi connectivity index (χ4n) is 2.13. The van der Waals surface area contributed by atoms with Crippen molar-refractivity contribution in [3.8, 4) is 5.75 Å². The van der Waals surface area contributed by atoms with Crippen LogP contribution in [0.5, 0.6) is 5.75 Å². The van der Waals surface area contributed by atoms with Crippen molar-refractivity contribution in [1.82, 2.24) is 10.3 Å². The Labute approximate surface area is 148 Å². The number of hydrogen-bond donors (Lipinski definition) is 2. The Kier molecular flexibility index (Phi) is 6.03. The number of esters is 1. The number of hydrogen-bond acceptors (Lipinski definition) is 4. The van der Waals surface area contributed by atoms with Crippen LogP contribution in [-0.2, 0) is 4.74 Å². The van der Waals surface area contributed by atoms with Gasteiger partial charge in [-0.3, -0.25) is 4.79 Å². The lowest BCUT2D eigenvalue weighted by Gasteiger charge is -2.15. The summed E-state index contributed by atoms with van der Waals surface area (Å²) in [4.78, 5) is 26.6. The summed E-state index contributed by atoms with van der Waals surface area (Å²) >= 11 is 3.39. The highest BCUT2D eigenvalue weighted by Crippen LogP contribution is 2.27. The summed E-state index contributed by atoms with van der Waals surface area (Å²) < 4.78 is 11.8. The van der Waals surface area contributed by atoms with Gasteiger partial charge in [-0.2, -0.15) is 0 Å². The van der Waals surface area contributed by atoms with Crippen molar-refractivity contribution in [3.63, 3.8) is 0 Å². The molecular formula is C17H19BrN2O4. The van der Waals surface area contributed by atoms with Crippen LogP contribution < -0.4 is 10.1 Å². The molecule has 1 atom stereocenters. The average Bonchev–Trinajstić information content (AvgIpc) is 2.99. The highest BCUT2D eigenvalue weighted by Gasteiger charge is 2.22. The van der Waals surface area contributed by atoms with Crippen LogP contribution in [0.2, 0.25) is 0 Å². The molecule has 1 unspecified atom stereocenters. The van der Waals surface area contributed by atoms with Gasteiger partial charge < -0.3 is 19.8 Å². The number of aromatic amines is 1. The quantitative estimate of drug-likeness (QED) is 0.735. The van der Waals surface area contributed by atoms with Crippen LogP contribution in [-0.4, -0.2) is 30.5 Å². The van der Waals surface area contributed by atoms with E-state index in [4.69, 9.17) is 9.47 Å². The molecule has 0 aliphatic rings. The lowest BCUT2D eigenvalue weighted by atomic mass is 10.1. The monoisotopic (exact) mass is 394 g/mol. The molecule has 2 rings (SSSR count). The Bertz CT molecular complexity index is 725. The van der Waals surface area contributed by atoms with Gasteiger partial charge in [0.2, 0.25) is 0 Å². The Balaban J connectivity index is 2.28. The van der Waals surface area contributed by atoms with Crippen LogP contribution in [0.25, 0.3) is 0 Å². The third kappa shape index (κ3) is 4.17. The van der Waals surface area contributed by atoms with E-state index in [-0.39, 0.29) is 30.0 Å². The van der Waals surface area contributed by atoms with E-state index >= 15 is 0 Å². The van der Waals surface area contributed by atoms with Crippen molar-refractivity contribution in [2.75, 3.05) is 13.7 Å². The molecule has 1 aromatic heterocycles. The summed E-state index contributed by atoms with van der Waals surface area (Å²) in [6.07, 6.45) is -0.299. The number of H-pyrrole nitrogens is 1. The molecular weight excluding hydrogens is 376 g/mol. The summed E-state index contributed by atoms with van der Waals surface area (Å²) in [5.74, 6) is -0.606. The Hall–Kier alpha value is -2.28. The lowest BCUT2D eigenvalue weighted by Crippen LogP contribution is -2.19. The van der Waals surface area contributed by atoms with Gasteiger partial charge in [0.05, 0.1) is 6.61 Å². The lowest BCUT2D eigenvalue weighted by molar-refractivity contribution is 0.0520. The predicted octanol–water partition coefficient (Wildman–Crippen LogP) is 3.45. The predicted molar refractivity (Wildman–Crippen MR) is 93.3 cm³/mol. The molecule has 0 bridgehead atoms. The van der Waals surface area contributed by atoms with Gasteiger partial charge in [0, 0.05) is 17.6 Å². The molecule has 1 amide bonds. The number of benzene rings is 1. The van der Waals surface area contributed by atoms with Crippen LogP contribution >= 0.6 is 15.9 Å². The molecule has 128 valence electrons. The first-order valence-electron chi connectivity index (χ1n) is 7.50. The standard InChI is InChI=1S/C17H19BrN2O4/c1-4-23-17(22)13-9-14(15(20-13)16(21)19-3)24-10(2)11-5-7-12(18)8-6-11/h5-10,20H,4H2,1-3H3,(H,19,21). The third-order valence-electron chi connectivity index (χ3n) is 3.37. The van der Waals surface area contributed by atoms with Crippen molar-refractivity contribution >= 4 is 27.8 Å². The smallest absolute Gasteiger partial charge is 0.354 e. The second-order valence-electron chi connectivity index (χ2n) is 5.03. The van der Waals surface area contributed by atoms with Crippen LogP contribution in [0.3, 0.4) is 0 Å². The molecule has 0 aliphatic heterocycles. The van der Waals surface area contributed by atoms with Gasteiger partial charge in [0.15, 0.2) is 5.75 Å². The molecule has 0 radical (unpaired) electrons. The summed E-state index contributed by atoms with van der Waals surface area (Å²) in [6.45, 7) is 3.83. The van der Waals surface area contributed by atoms with Gasteiger partial charge in [-0.1, -0.05) is 28.1 Å². The Morgan fingerprint density at radius 2 is 1.96 bits per heavy atom. The minimum atomic E-state index is -0.534. The van der Waals surface area contributed by atoms with Crippen LogP contribution in [0.4, 0.5) is 0 Å². The van der Waals surface area contributed by atoms with Crippen molar-refractivity contribution < 1.29 is 19.1 Å². The van der Waals surface area contributed by atoms with E-state index in [9.17, 15) is 9.59 Å². The van der Waals surface area contributed by atoms with E-state index in [2.05, 4.69) is 26.2 Å². The highest BCUT2D eigenvalue weighted by molar-refractivity contribution is 9.10. The fourth-order valence-corrected chi connectivity index (χ4v) is 2.40. The van der Waals surface area contributed by atoms with Crippen molar-refractivity contribution in [2.24, 2.45) is 0 Å². The molecule has 24 heavy (non-hydrogen) atoms. The maximum absolute atomic E-state index is 12.0. The first kappa shape index (κ1) is 18.1. The van der Waals surface area contributed by atoms with Crippen LogP contribution in [0.15, 0.2) is 34.8 Å². The first-order valence-corrected chi connectivity index (χ1v) is 8.29. The van der Waals surface area contributed by atoms with Crippen molar-refractivity contribution in [3.05, 3.63) is 51.8 Å². The van der Waals surface area contributed by atoms with Gasteiger partial charge in [-0.25, -0.2) is 4.79 Å². The van der Waals surface area contributed by atoms with Gasteiger partial charge >= 0.3 is 5.97 Å². The third-order valence-corrected chi connectivity index (χ3v) is 3.90. The summed E-state index contributed by atoms with van der Waals surface area (Å²) in [7, 11) is 1.51. The molecule has 1 aromatic carbocycles. The normalized spacial score (nSPS) is 11.7. The number of carbonyl (C=O) groups excluding carboxylic acids is 2. The van der Waals surface area contributed by atoms with E-state index in [1.165, 1.54) is 13.1 Å². The summed E-state index contributed by atoms with van der Waals surface area (Å²) in [5.41, 5.74) is 1.30. The Morgan fingerprint density at radius 3 is 2.54 bits per heavy atom. The van der Waals surface area contributed by atoms with Crippen molar-refractivity contribution in [2.45, 2.75) is 20.0 Å². The van der Waals surface area contributed by atoms with Crippen LogP contribution in [0, 0.1) is 0 Å². The second-order valence-corrected chi connectivity index (χ2v) is 5.95. The number of amides is 1. The second kappa shape index (κ2) is 8.01. The number of halogens is 1. The van der Waals surface area contributed by atoms with E-state index in [1.54, 1.807) is 6.92 Å². The summed E-state index contributed by atoms with van der Waals surface area (Å²) in [5, 5.41) is 2.52. The zero-order chi connectivity index (χ0) is 17.7. The molecule has 2 N–H and O–H groups in total. The average molecular weight is 395 g/mol. The zero-order valence-electron chi connectivity index (χ0n) is 13.7. The number of ether oxygens (including phenoxy) is 2. The van der Waals surface area contributed by atoms with Gasteiger partial charge in [0.1, 0.15) is 17.5 Å². The van der Waals surface area contributed by atoms with Crippen LogP contribution in [0.1, 0.15) is 46.5 Å². The molecule has 0 saturated carbocycles. The molecule has 0 aliphatic carbocycles. The topological polar surface area (TPSA) is 80.4 Å². The van der Waals surface area contributed by atoms with Crippen molar-refractivity contribution in [1.29, 1.82) is 0 Å².